The number of esters is 2. The average Bonchev–Trinajstić information content (AvgIpc) is 3.13. The molecule has 1 atom stereocenters. The number of ether oxygens (including phenoxy) is 2. The molecule has 314 valence electrons. The maximum Gasteiger partial charge on any atom is 0.469 e. The predicted molar refractivity (Wildman–Crippen MR) is 221 cm³/mol. The van der Waals surface area contributed by atoms with Crippen molar-refractivity contribution >= 4 is 19.8 Å². The van der Waals surface area contributed by atoms with Gasteiger partial charge in [-0.25, -0.2) is 4.57 Å². The molecule has 0 aliphatic rings. The molecule has 0 saturated carbocycles. The number of carbonyl (C=O) groups is 2. The first-order valence-electron chi connectivity index (χ1n) is 22.5. The van der Waals surface area contributed by atoms with Gasteiger partial charge in [0, 0.05) is 12.8 Å². The van der Waals surface area contributed by atoms with Crippen LogP contribution in [0.3, 0.4) is 0 Å². The molecule has 0 aromatic carbocycles. The van der Waals surface area contributed by atoms with Gasteiger partial charge in [0.25, 0.3) is 0 Å². The van der Waals surface area contributed by atoms with Crippen molar-refractivity contribution in [2.75, 3.05) is 13.2 Å². The van der Waals surface area contributed by atoms with Gasteiger partial charge in [-0.05, 0) is 38.5 Å². The molecule has 0 saturated heterocycles. The summed E-state index contributed by atoms with van der Waals surface area (Å²) in [5.74, 6) is -0.883. The highest BCUT2D eigenvalue weighted by molar-refractivity contribution is 7.46. The molecule has 2 N–H and O–H groups in total. The highest BCUT2D eigenvalue weighted by Crippen LogP contribution is 2.36. The minimum atomic E-state index is -4.75. The quantitative estimate of drug-likeness (QED) is 0.0272. The lowest BCUT2D eigenvalue weighted by atomic mass is 10.0. The Morgan fingerprint density at radius 2 is 0.792 bits per heavy atom. The third-order valence-electron chi connectivity index (χ3n) is 10.0. The SMILES string of the molecule is CCCCC/C=C\CCCCCCCC(=O)OC(COC(=O)CCCCCCCCCCCCCCCCCCCCCCCCC)COP(=O)(O)O. The van der Waals surface area contributed by atoms with E-state index in [1.165, 1.54) is 148 Å². The number of phosphoric acid groups is 1. The lowest BCUT2D eigenvalue weighted by molar-refractivity contribution is -0.161. The van der Waals surface area contributed by atoms with Crippen molar-refractivity contribution in [3.8, 4) is 0 Å². The molecule has 0 aliphatic carbocycles. The Hall–Kier alpha value is -1.21. The molecule has 0 aromatic heterocycles. The van der Waals surface area contributed by atoms with Gasteiger partial charge in [-0.2, -0.15) is 0 Å². The van der Waals surface area contributed by atoms with Crippen molar-refractivity contribution in [2.45, 2.75) is 245 Å². The summed E-state index contributed by atoms with van der Waals surface area (Å²) in [7, 11) is -4.75. The second-order valence-corrected chi connectivity index (χ2v) is 16.6. The third-order valence-corrected chi connectivity index (χ3v) is 10.5. The minimum absolute atomic E-state index is 0.206. The fourth-order valence-corrected chi connectivity index (χ4v) is 7.02. The van der Waals surface area contributed by atoms with Gasteiger partial charge in [0.15, 0.2) is 6.10 Å². The summed E-state index contributed by atoms with van der Waals surface area (Å²) < 4.78 is 26.4. The van der Waals surface area contributed by atoms with Gasteiger partial charge in [-0.3, -0.25) is 14.1 Å². The second-order valence-electron chi connectivity index (χ2n) is 15.4. The maximum atomic E-state index is 12.4. The smallest absolute Gasteiger partial charge is 0.462 e. The van der Waals surface area contributed by atoms with E-state index >= 15 is 0 Å². The summed E-state index contributed by atoms with van der Waals surface area (Å²) in [5, 5.41) is 0. The fourth-order valence-electron chi connectivity index (χ4n) is 6.66. The lowest BCUT2D eigenvalue weighted by Gasteiger charge is -2.18. The zero-order valence-electron chi connectivity index (χ0n) is 34.7. The first-order valence-corrected chi connectivity index (χ1v) is 24.0. The van der Waals surface area contributed by atoms with Crippen LogP contribution in [-0.4, -0.2) is 41.0 Å². The van der Waals surface area contributed by atoms with Crippen LogP contribution in [0.4, 0.5) is 0 Å². The number of rotatable bonds is 42. The number of unbranched alkanes of at least 4 members (excludes halogenated alkanes) is 30. The Balaban J connectivity index is 3.77. The normalized spacial score (nSPS) is 12.5. The molecule has 0 spiro atoms. The van der Waals surface area contributed by atoms with Gasteiger partial charge in [-0.1, -0.05) is 199 Å². The number of phosphoric ester groups is 1. The Morgan fingerprint density at radius 1 is 0.472 bits per heavy atom. The number of allylic oxidation sites excluding steroid dienone is 2. The molecular weight excluding hydrogens is 687 g/mol. The van der Waals surface area contributed by atoms with Gasteiger partial charge in [0.2, 0.25) is 0 Å². The van der Waals surface area contributed by atoms with Crippen LogP contribution in [0, 0.1) is 0 Å². The summed E-state index contributed by atoms with van der Waals surface area (Å²) in [4.78, 5) is 42.8. The molecule has 0 fully saturated rings. The lowest BCUT2D eigenvalue weighted by Crippen LogP contribution is -2.29. The summed E-state index contributed by atoms with van der Waals surface area (Å²) in [6.07, 6.45) is 45.2. The standard InChI is InChI=1S/C44H85O8P/c1-3-5-7-9-11-13-15-17-18-19-20-21-22-23-24-25-26-27-29-30-32-34-36-38-43(45)50-40-42(41-51-53(47,48)49)52-44(46)39-37-35-33-31-28-16-14-12-10-8-6-4-2/h12,14,42H,3-11,13,15-41H2,1-2H3,(H2,47,48,49)/b14-12-. The molecule has 0 heterocycles. The van der Waals surface area contributed by atoms with Crippen LogP contribution in [-0.2, 0) is 28.2 Å². The van der Waals surface area contributed by atoms with Crippen molar-refractivity contribution in [1.82, 2.24) is 0 Å². The molecule has 0 amide bonds. The van der Waals surface area contributed by atoms with E-state index in [0.29, 0.717) is 6.42 Å². The van der Waals surface area contributed by atoms with Crippen LogP contribution in [0.5, 0.6) is 0 Å². The van der Waals surface area contributed by atoms with Crippen LogP contribution < -0.4 is 0 Å². The molecule has 0 aromatic rings. The number of hydrogen-bond acceptors (Lipinski definition) is 6. The maximum absolute atomic E-state index is 12.4. The van der Waals surface area contributed by atoms with E-state index in [-0.39, 0.29) is 19.4 Å². The summed E-state index contributed by atoms with van der Waals surface area (Å²) in [5.41, 5.74) is 0. The third kappa shape index (κ3) is 43.4. The predicted octanol–water partition coefficient (Wildman–Crippen LogP) is 13.8. The fraction of sp³-hybridized carbons (Fsp3) is 0.909. The summed E-state index contributed by atoms with van der Waals surface area (Å²) >= 11 is 0. The van der Waals surface area contributed by atoms with Gasteiger partial charge < -0.3 is 19.3 Å². The van der Waals surface area contributed by atoms with Crippen LogP contribution in [0.2, 0.25) is 0 Å². The Morgan fingerprint density at radius 3 is 1.19 bits per heavy atom. The zero-order chi connectivity index (χ0) is 38.9. The first-order chi connectivity index (χ1) is 25.8. The molecule has 9 heteroatoms. The zero-order valence-corrected chi connectivity index (χ0v) is 35.6. The molecule has 0 rings (SSSR count). The first kappa shape index (κ1) is 51.8. The van der Waals surface area contributed by atoms with Gasteiger partial charge >= 0.3 is 19.8 Å². The molecule has 1 unspecified atom stereocenters. The highest BCUT2D eigenvalue weighted by Gasteiger charge is 2.23. The number of hydrogen-bond donors (Lipinski definition) is 2. The van der Waals surface area contributed by atoms with Crippen molar-refractivity contribution < 1.29 is 37.9 Å². The van der Waals surface area contributed by atoms with Crippen LogP contribution in [0.1, 0.15) is 239 Å². The Kier molecular flexibility index (Phi) is 39.5. The minimum Gasteiger partial charge on any atom is -0.462 e. The van der Waals surface area contributed by atoms with E-state index in [1.54, 1.807) is 0 Å². The van der Waals surface area contributed by atoms with Crippen LogP contribution in [0.25, 0.3) is 0 Å². The topological polar surface area (TPSA) is 119 Å². The highest BCUT2D eigenvalue weighted by atomic mass is 31.2. The van der Waals surface area contributed by atoms with Gasteiger partial charge in [0.05, 0.1) is 6.61 Å². The van der Waals surface area contributed by atoms with Crippen molar-refractivity contribution in [3.05, 3.63) is 12.2 Å². The summed E-state index contributed by atoms with van der Waals surface area (Å²) in [6, 6.07) is 0. The molecule has 0 radical (unpaired) electrons. The summed E-state index contributed by atoms with van der Waals surface area (Å²) in [6.45, 7) is 3.68. The Bertz CT molecular complexity index is 873. The van der Waals surface area contributed by atoms with Crippen molar-refractivity contribution in [1.29, 1.82) is 0 Å². The van der Waals surface area contributed by atoms with E-state index in [4.69, 9.17) is 19.3 Å². The van der Waals surface area contributed by atoms with E-state index < -0.39 is 32.5 Å². The van der Waals surface area contributed by atoms with Crippen LogP contribution >= 0.6 is 7.82 Å². The van der Waals surface area contributed by atoms with Crippen molar-refractivity contribution in [2.24, 2.45) is 0 Å². The molecule has 0 bridgehead atoms. The molecule has 8 nitrogen and oxygen atoms in total. The van der Waals surface area contributed by atoms with E-state index in [2.05, 4.69) is 30.5 Å². The van der Waals surface area contributed by atoms with Crippen molar-refractivity contribution in [3.63, 3.8) is 0 Å². The molecular formula is C44H85O8P. The monoisotopic (exact) mass is 773 g/mol. The van der Waals surface area contributed by atoms with E-state index in [9.17, 15) is 14.2 Å². The second kappa shape index (κ2) is 40.5. The van der Waals surface area contributed by atoms with E-state index in [1.807, 2.05) is 0 Å². The molecule has 0 aliphatic heterocycles. The van der Waals surface area contributed by atoms with E-state index in [0.717, 1.165) is 57.8 Å². The van der Waals surface area contributed by atoms with Gasteiger partial charge in [0.1, 0.15) is 6.61 Å². The van der Waals surface area contributed by atoms with Gasteiger partial charge in [-0.15, -0.1) is 0 Å². The number of carbonyl (C=O) groups excluding carboxylic acids is 2. The Labute approximate surface area is 327 Å². The average molecular weight is 773 g/mol. The van der Waals surface area contributed by atoms with Crippen LogP contribution in [0.15, 0.2) is 12.2 Å². The largest absolute Gasteiger partial charge is 0.469 e. The molecule has 53 heavy (non-hydrogen) atoms.